The first kappa shape index (κ1) is 23.6. The minimum absolute atomic E-state index is 0. The number of amides is 1. The fourth-order valence-electron chi connectivity index (χ4n) is 4.91. The van der Waals surface area contributed by atoms with E-state index < -0.39 is 5.97 Å². The van der Waals surface area contributed by atoms with Gasteiger partial charge in [0.1, 0.15) is 5.58 Å². The van der Waals surface area contributed by atoms with Crippen molar-refractivity contribution < 1.29 is 23.5 Å². The van der Waals surface area contributed by atoms with E-state index in [4.69, 9.17) is 13.9 Å². The fourth-order valence-corrected chi connectivity index (χ4v) is 4.91. The van der Waals surface area contributed by atoms with Crippen LogP contribution in [0.3, 0.4) is 0 Å². The number of halogens is 1. The Kier molecular flexibility index (Phi) is 7.97. The summed E-state index contributed by atoms with van der Waals surface area (Å²) in [6.07, 6.45) is 5.78. The molecule has 1 amide bonds. The van der Waals surface area contributed by atoms with Crippen molar-refractivity contribution in [2.45, 2.75) is 51.2 Å². The van der Waals surface area contributed by atoms with Crippen LogP contribution in [0.25, 0.3) is 11.0 Å². The molecule has 1 saturated heterocycles. The maximum Gasteiger partial charge on any atom is 0.374 e. The predicted octanol–water partition coefficient (Wildman–Crippen LogP) is 4.15. The monoisotopic (exact) mass is 450 g/mol. The maximum absolute atomic E-state index is 13.0. The molecule has 1 saturated carbocycles. The van der Waals surface area contributed by atoms with E-state index >= 15 is 0 Å². The van der Waals surface area contributed by atoms with Gasteiger partial charge in [-0.15, -0.1) is 12.4 Å². The summed E-state index contributed by atoms with van der Waals surface area (Å²) in [6.45, 7) is 2.91. The summed E-state index contributed by atoms with van der Waals surface area (Å²) < 4.78 is 16.0. The summed E-state index contributed by atoms with van der Waals surface area (Å²) in [5.41, 5.74) is 1.28. The molecule has 2 aliphatic rings. The standard InChI is InChI=1S/C23H30N2O5.ClH/c1-3-29-23(27)20-13-15-12-16(6-9-19(15)30-20)25-22(26)21-18(10-11-24-21)14-4-7-17(28-2)8-5-14;/h6,9,12-14,17-18,21,24H,3-5,7-8,10-11H2,1-2H3,(H,25,26);1H/t14?,17?,18-,21-;/m1./s1. The Morgan fingerprint density at radius 3 is 2.65 bits per heavy atom. The number of carbonyl (C=O) groups is 2. The highest BCUT2D eigenvalue weighted by Crippen LogP contribution is 2.37. The van der Waals surface area contributed by atoms with Crippen molar-refractivity contribution in [3.05, 3.63) is 30.0 Å². The highest BCUT2D eigenvalue weighted by atomic mass is 35.5. The predicted molar refractivity (Wildman–Crippen MR) is 121 cm³/mol. The Morgan fingerprint density at radius 1 is 1.16 bits per heavy atom. The Labute approximate surface area is 188 Å². The lowest BCUT2D eigenvalue weighted by Gasteiger charge is -2.33. The zero-order chi connectivity index (χ0) is 21.1. The number of esters is 1. The average Bonchev–Trinajstić information content (AvgIpc) is 3.41. The van der Waals surface area contributed by atoms with Crippen LogP contribution in [0.5, 0.6) is 0 Å². The summed E-state index contributed by atoms with van der Waals surface area (Å²) >= 11 is 0. The number of ether oxygens (including phenoxy) is 2. The van der Waals surface area contributed by atoms with Gasteiger partial charge in [0.25, 0.3) is 0 Å². The molecule has 8 heteroatoms. The highest BCUT2D eigenvalue weighted by molar-refractivity contribution is 5.98. The molecule has 2 fully saturated rings. The number of anilines is 1. The zero-order valence-corrected chi connectivity index (χ0v) is 18.8. The summed E-state index contributed by atoms with van der Waals surface area (Å²) in [4.78, 5) is 24.9. The molecule has 170 valence electrons. The first-order chi connectivity index (χ1) is 14.6. The van der Waals surface area contributed by atoms with Crippen LogP contribution in [0.1, 0.15) is 49.6 Å². The molecule has 1 aliphatic carbocycles. The molecule has 1 aromatic carbocycles. The summed E-state index contributed by atoms with van der Waals surface area (Å²) in [5, 5.41) is 7.20. The van der Waals surface area contributed by atoms with Crippen molar-refractivity contribution in [2.24, 2.45) is 11.8 Å². The van der Waals surface area contributed by atoms with Crippen LogP contribution in [0.4, 0.5) is 5.69 Å². The van der Waals surface area contributed by atoms with Crippen LogP contribution in [-0.4, -0.2) is 44.3 Å². The number of hydrogen-bond acceptors (Lipinski definition) is 6. The van der Waals surface area contributed by atoms with Gasteiger partial charge in [-0.05, 0) is 81.7 Å². The number of hydrogen-bond donors (Lipinski definition) is 2. The molecule has 1 aromatic heterocycles. The van der Waals surface area contributed by atoms with Gasteiger partial charge in [-0.2, -0.15) is 0 Å². The fraction of sp³-hybridized carbons (Fsp3) is 0.565. The largest absolute Gasteiger partial charge is 0.460 e. The van der Waals surface area contributed by atoms with Crippen LogP contribution >= 0.6 is 12.4 Å². The number of rotatable bonds is 6. The number of nitrogens with one attached hydrogen (secondary N) is 2. The van der Waals surface area contributed by atoms with Gasteiger partial charge in [-0.1, -0.05) is 0 Å². The molecule has 0 radical (unpaired) electrons. The lowest BCUT2D eigenvalue weighted by molar-refractivity contribution is -0.119. The zero-order valence-electron chi connectivity index (χ0n) is 18.0. The molecule has 31 heavy (non-hydrogen) atoms. The molecule has 4 rings (SSSR count). The van der Waals surface area contributed by atoms with Crippen molar-refractivity contribution in [3.63, 3.8) is 0 Å². The van der Waals surface area contributed by atoms with Gasteiger partial charge in [0.05, 0.1) is 18.8 Å². The molecule has 2 aromatic rings. The molecule has 0 spiro atoms. The smallest absolute Gasteiger partial charge is 0.374 e. The Bertz CT molecular complexity index is 907. The van der Waals surface area contributed by atoms with Crippen LogP contribution in [0, 0.1) is 11.8 Å². The molecule has 1 aliphatic heterocycles. The number of carbonyl (C=O) groups excluding carboxylic acids is 2. The van der Waals surface area contributed by atoms with E-state index in [1.807, 2.05) is 6.07 Å². The van der Waals surface area contributed by atoms with Gasteiger partial charge >= 0.3 is 5.97 Å². The molecule has 2 heterocycles. The van der Waals surface area contributed by atoms with E-state index in [0.29, 0.717) is 35.8 Å². The molecule has 7 nitrogen and oxygen atoms in total. The molecular formula is C23H31ClN2O5. The van der Waals surface area contributed by atoms with Crippen molar-refractivity contribution in [1.82, 2.24) is 5.32 Å². The van der Waals surface area contributed by atoms with Gasteiger partial charge in [0.15, 0.2) is 0 Å². The maximum atomic E-state index is 13.0. The first-order valence-corrected chi connectivity index (χ1v) is 10.9. The number of furan rings is 1. The lowest BCUT2D eigenvalue weighted by atomic mass is 9.75. The van der Waals surface area contributed by atoms with E-state index in [1.165, 1.54) is 0 Å². The van der Waals surface area contributed by atoms with Gasteiger partial charge in [-0.25, -0.2) is 4.79 Å². The van der Waals surface area contributed by atoms with Crippen LogP contribution < -0.4 is 10.6 Å². The van der Waals surface area contributed by atoms with E-state index in [2.05, 4.69) is 10.6 Å². The van der Waals surface area contributed by atoms with Crippen LogP contribution in [-0.2, 0) is 14.3 Å². The van der Waals surface area contributed by atoms with E-state index in [0.717, 1.165) is 44.0 Å². The summed E-state index contributed by atoms with van der Waals surface area (Å²) in [6, 6.07) is 6.86. The lowest BCUT2D eigenvalue weighted by Crippen LogP contribution is -2.43. The molecule has 0 unspecified atom stereocenters. The van der Waals surface area contributed by atoms with Gasteiger partial charge in [0.2, 0.25) is 11.7 Å². The molecular weight excluding hydrogens is 420 g/mol. The topological polar surface area (TPSA) is 89.8 Å². The van der Waals surface area contributed by atoms with Gasteiger partial charge in [-0.3, -0.25) is 4.79 Å². The van der Waals surface area contributed by atoms with Crippen molar-refractivity contribution in [2.75, 3.05) is 25.6 Å². The number of fused-ring (bicyclic) bond motifs is 1. The quantitative estimate of drug-likeness (QED) is 0.642. The van der Waals surface area contributed by atoms with E-state index in [9.17, 15) is 9.59 Å². The molecule has 2 N–H and O–H groups in total. The third-order valence-electron chi connectivity index (χ3n) is 6.47. The second kappa shape index (κ2) is 10.5. The third-order valence-corrected chi connectivity index (χ3v) is 6.47. The SMILES string of the molecule is CCOC(=O)c1cc2cc(NC(=O)[C@@H]3NCC[C@@H]3C3CCC(OC)CC3)ccc2o1.Cl. The molecule has 0 bridgehead atoms. The number of methoxy groups -OCH3 is 1. The Balaban J connectivity index is 0.00000272. The first-order valence-electron chi connectivity index (χ1n) is 10.9. The van der Waals surface area contributed by atoms with Crippen molar-refractivity contribution in [3.8, 4) is 0 Å². The second-order valence-electron chi connectivity index (χ2n) is 8.23. The van der Waals surface area contributed by atoms with Crippen LogP contribution in [0.2, 0.25) is 0 Å². The van der Waals surface area contributed by atoms with E-state index in [1.54, 1.807) is 32.2 Å². The van der Waals surface area contributed by atoms with Gasteiger partial charge < -0.3 is 24.5 Å². The normalized spacial score (nSPS) is 25.7. The highest BCUT2D eigenvalue weighted by Gasteiger charge is 2.39. The van der Waals surface area contributed by atoms with Crippen molar-refractivity contribution in [1.29, 1.82) is 0 Å². The number of benzene rings is 1. The Morgan fingerprint density at radius 2 is 1.94 bits per heavy atom. The second-order valence-corrected chi connectivity index (χ2v) is 8.23. The molecule has 2 atom stereocenters. The summed E-state index contributed by atoms with van der Waals surface area (Å²) in [5.74, 6) is 0.598. The average molecular weight is 451 g/mol. The van der Waals surface area contributed by atoms with Crippen molar-refractivity contribution >= 4 is 40.9 Å². The minimum Gasteiger partial charge on any atom is -0.460 e. The van der Waals surface area contributed by atoms with Crippen LogP contribution in [0.15, 0.2) is 28.7 Å². The third kappa shape index (κ3) is 5.22. The summed E-state index contributed by atoms with van der Waals surface area (Å²) in [7, 11) is 1.78. The van der Waals surface area contributed by atoms with E-state index in [-0.39, 0.29) is 30.1 Å². The van der Waals surface area contributed by atoms with Gasteiger partial charge in [0, 0.05) is 18.2 Å². The Hall–Kier alpha value is -2.09. The minimum atomic E-state index is -0.486.